The van der Waals surface area contributed by atoms with Gasteiger partial charge in [0.25, 0.3) is 0 Å². The molecule has 2 rings (SSSR count). The fraction of sp³-hybridized carbons (Fsp3) is 0.471. The van der Waals surface area contributed by atoms with E-state index in [1.807, 2.05) is 24.3 Å². The van der Waals surface area contributed by atoms with E-state index in [0.717, 1.165) is 17.7 Å². The van der Waals surface area contributed by atoms with Crippen LogP contribution < -0.4 is 4.74 Å². The van der Waals surface area contributed by atoms with Crippen LogP contribution in [0.25, 0.3) is 0 Å². The molecule has 130 valence electrons. The smallest absolute Gasteiger partial charge is 0.242 e. The molecule has 0 unspecified atom stereocenters. The van der Waals surface area contributed by atoms with Gasteiger partial charge in [0.2, 0.25) is 18.2 Å². The SMILES string of the molecule is COc1ccc(CN(CC(=O)N2CCN(C=O)CC2)C(C)=O)cc1. The highest BCUT2D eigenvalue weighted by molar-refractivity contribution is 5.84. The van der Waals surface area contributed by atoms with Gasteiger partial charge in [-0.15, -0.1) is 0 Å². The standard InChI is InChI=1S/C17H23N3O4/c1-14(22)20(11-15-3-5-16(24-2)6-4-15)12-17(23)19-9-7-18(13-21)8-10-19/h3-6,13H,7-12H2,1-2H3. The van der Waals surface area contributed by atoms with E-state index in [0.29, 0.717) is 32.7 Å². The minimum Gasteiger partial charge on any atom is -0.497 e. The molecule has 0 saturated carbocycles. The van der Waals surface area contributed by atoms with Crippen LogP contribution in [0.15, 0.2) is 24.3 Å². The summed E-state index contributed by atoms with van der Waals surface area (Å²) in [5.74, 6) is 0.507. The quantitative estimate of drug-likeness (QED) is 0.704. The zero-order chi connectivity index (χ0) is 17.5. The lowest BCUT2D eigenvalue weighted by atomic mass is 10.2. The molecule has 0 N–H and O–H groups in total. The number of rotatable bonds is 6. The van der Waals surface area contributed by atoms with Crippen LogP contribution in [0.4, 0.5) is 0 Å². The number of carbonyl (C=O) groups is 3. The van der Waals surface area contributed by atoms with Gasteiger partial charge in [-0.3, -0.25) is 14.4 Å². The zero-order valence-electron chi connectivity index (χ0n) is 14.1. The van der Waals surface area contributed by atoms with Crippen molar-refractivity contribution in [3.05, 3.63) is 29.8 Å². The molecule has 0 atom stereocenters. The van der Waals surface area contributed by atoms with Gasteiger partial charge in [0.05, 0.1) is 7.11 Å². The van der Waals surface area contributed by atoms with Crippen molar-refractivity contribution < 1.29 is 19.1 Å². The van der Waals surface area contributed by atoms with E-state index in [1.54, 1.807) is 16.9 Å². The molecule has 7 nitrogen and oxygen atoms in total. The Hall–Kier alpha value is -2.57. The molecule has 1 aliphatic heterocycles. The van der Waals surface area contributed by atoms with Crippen molar-refractivity contribution in [2.75, 3.05) is 39.8 Å². The predicted octanol–water partition coefficient (Wildman–Crippen LogP) is 0.344. The van der Waals surface area contributed by atoms with Crippen LogP contribution in [-0.4, -0.2) is 72.8 Å². The van der Waals surface area contributed by atoms with Crippen LogP contribution in [0.2, 0.25) is 0 Å². The Kier molecular flexibility index (Phi) is 6.17. The Morgan fingerprint density at radius 3 is 2.29 bits per heavy atom. The van der Waals surface area contributed by atoms with Crippen molar-refractivity contribution in [1.29, 1.82) is 0 Å². The highest BCUT2D eigenvalue weighted by Crippen LogP contribution is 2.13. The van der Waals surface area contributed by atoms with Gasteiger partial charge in [0.15, 0.2) is 0 Å². The van der Waals surface area contributed by atoms with Crippen LogP contribution in [0.3, 0.4) is 0 Å². The van der Waals surface area contributed by atoms with Gasteiger partial charge in [0, 0.05) is 39.6 Å². The van der Waals surface area contributed by atoms with Crippen molar-refractivity contribution in [2.45, 2.75) is 13.5 Å². The van der Waals surface area contributed by atoms with Crippen LogP contribution in [0.1, 0.15) is 12.5 Å². The van der Waals surface area contributed by atoms with E-state index >= 15 is 0 Å². The number of methoxy groups -OCH3 is 1. The minimum absolute atomic E-state index is 0.0441. The highest BCUT2D eigenvalue weighted by Gasteiger charge is 2.23. The minimum atomic E-state index is -0.148. The number of hydrogen-bond acceptors (Lipinski definition) is 4. The maximum absolute atomic E-state index is 12.4. The van der Waals surface area contributed by atoms with Gasteiger partial charge >= 0.3 is 0 Å². The Morgan fingerprint density at radius 2 is 1.79 bits per heavy atom. The van der Waals surface area contributed by atoms with E-state index < -0.39 is 0 Å². The normalized spacial score (nSPS) is 14.2. The number of amides is 3. The summed E-state index contributed by atoms with van der Waals surface area (Å²) in [6.45, 7) is 3.96. The Balaban J connectivity index is 1.94. The number of hydrogen-bond donors (Lipinski definition) is 0. The molecule has 3 amide bonds. The summed E-state index contributed by atoms with van der Waals surface area (Å²) in [7, 11) is 1.60. The first-order chi connectivity index (χ1) is 11.5. The van der Waals surface area contributed by atoms with Crippen LogP contribution in [0, 0.1) is 0 Å². The van der Waals surface area contributed by atoms with Gasteiger partial charge in [-0.05, 0) is 17.7 Å². The van der Waals surface area contributed by atoms with Crippen molar-refractivity contribution in [1.82, 2.24) is 14.7 Å². The lowest BCUT2D eigenvalue weighted by Crippen LogP contribution is -2.51. The van der Waals surface area contributed by atoms with E-state index in [-0.39, 0.29) is 18.4 Å². The van der Waals surface area contributed by atoms with Gasteiger partial charge in [0.1, 0.15) is 12.3 Å². The second-order valence-electron chi connectivity index (χ2n) is 5.75. The number of carbonyl (C=O) groups excluding carboxylic acids is 3. The summed E-state index contributed by atoms with van der Waals surface area (Å²) >= 11 is 0. The molecular formula is C17H23N3O4. The van der Waals surface area contributed by atoms with E-state index in [4.69, 9.17) is 4.74 Å². The summed E-state index contributed by atoms with van der Waals surface area (Å²) in [6, 6.07) is 7.41. The molecule has 1 aromatic carbocycles. The molecule has 0 spiro atoms. The molecule has 0 radical (unpaired) electrons. The molecule has 0 bridgehead atoms. The highest BCUT2D eigenvalue weighted by atomic mass is 16.5. The number of piperazine rings is 1. The molecule has 0 aliphatic carbocycles. The molecule has 1 aromatic rings. The number of benzene rings is 1. The van der Waals surface area contributed by atoms with E-state index in [1.165, 1.54) is 11.8 Å². The first-order valence-corrected chi connectivity index (χ1v) is 7.89. The zero-order valence-corrected chi connectivity index (χ0v) is 14.1. The first-order valence-electron chi connectivity index (χ1n) is 7.89. The summed E-state index contributed by atoms with van der Waals surface area (Å²) < 4.78 is 5.11. The fourth-order valence-electron chi connectivity index (χ4n) is 2.57. The summed E-state index contributed by atoms with van der Waals surface area (Å²) in [5, 5.41) is 0. The van der Waals surface area contributed by atoms with Crippen LogP contribution in [0.5, 0.6) is 5.75 Å². The van der Waals surface area contributed by atoms with Crippen molar-refractivity contribution >= 4 is 18.2 Å². The second-order valence-corrected chi connectivity index (χ2v) is 5.75. The molecule has 1 heterocycles. The molecule has 1 fully saturated rings. The molecule has 1 aliphatic rings. The van der Waals surface area contributed by atoms with Crippen molar-refractivity contribution in [3.63, 3.8) is 0 Å². The molecule has 7 heteroatoms. The third-order valence-electron chi connectivity index (χ3n) is 4.12. The van der Waals surface area contributed by atoms with E-state index in [2.05, 4.69) is 0 Å². The predicted molar refractivity (Wildman–Crippen MR) is 88.3 cm³/mol. The van der Waals surface area contributed by atoms with Crippen molar-refractivity contribution in [2.24, 2.45) is 0 Å². The molecule has 0 aromatic heterocycles. The number of ether oxygens (including phenoxy) is 1. The maximum atomic E-state index is 12.4. The average molecular weight is 333 g/mol. The van der Waals surface area contributed by atoms with Gasteiger partial charge in [-0.25, -0.2) is 0 Å². The topological polar surface area (TPSA) is 70.2 Å². The Labute approximate surface area is 141 Å². The van der Waals surface area contributed by atoms with Gasteiger partial charge in [-0.2, -0.15) is 0 Å². The summed E-state index contributed by atoms with van der Waals surface area (Å²) in [4.78, 5) is 39.8. The Bertz CT molecular complexity index is 580. The molecule has 24 heavy (non-hydrogen) atoms. The summed E-state index contributed by atoms with van der Waals surface area (Å²) in [5.41, 5.74) is 0.935. The monoisotopic (exact) mass is 333 g/mol. The maximum Gasteiger partial charge on any atom is 0.242 e. The lowest BCUT2D eigenvalue weighted by Gasteiger charge is -2.34. The fourth-order valence-corrected chi connectivity index (χ4v) is 2.57. The van der Waals surface area contributed by atoms with Crippen LogP contribution >= 0.6 is 0 Å². The van der Waals surface area contributed by atoms with Crippen molar-refractivity contribution in [3.8, 4) is 5.75 Å². The Morgan fingerprint density at radius 1 is 1.17 bits per heavy atom. The van der Waals surface area contributed by atoms with Gasteiger partial charge < -0.3 is 19.4 Å². The molecular weight excluding hydrogens is 310 g/mol. The first kappa shape index (κ1) is 17.8. The average Bonchev–Trinajstić information content (AvgIpc) is 2.61. The molecule has 1 saturated heterocycles. The third-order valence-corrected chi connectivity index (χ3v) is 4.12. The second kappa shape index (κ2) is 8.33. The summed E-state index contributed by atoms with van der Waals surface area (Å²) in [6.07, 6.45) is 0.799. The van der Waals surface area contributed by atoms with Crippen LogP contribution in [-0.2, 0) is 20.9 Å². The van der Waals surface area contributed by atoms with E-state index in [9.17, 15) is 14.4 Å². The largest absolute Gasteiger partial charge is 0.497 e. The van der Waals surface area contributed by atoms with Gasteiger partial charge in [-0.1, -0.05) is 12.1 Å². The lowest BCUT2D eigenvalue weighted by molar-refractivity contribution is -0.141. The third kappa shape index (κ3) is 4.71. The number of nitrogens with zero attached hydrogens (tertiary/aromatic N) is 3.